The second-order valence-electron chi connectivity index (χ2n) is 6.25. The van der Waals surface area contributed by atoms with Crippen LogP contribution in [0.25, 0.3) is 0 Å². The molecule has 0 spiro atoms. The first kappa shape index (κ1) is 16.7. The molecule has 1 saturated heterocycles. The van der Waals surface area contributed by atoms with Crippen LogP contribution in [0.15, 0.2) is 24.3 Å². The van der Waals surface area contributed by atoms with E-state index in [9.17, 15) is 4.79 Å². The van der Waals surface area contributed by atoms with Gasteiger partial charge in [-0.1, -0.05) is 13.8 Å². The summed E-state index contributed by atoms with van der Waals surface area (Å²) in [4.78, 5) is 15.7. The Morgan fingerprint density at radius 2 is 1.86 bits per heavy atom. The number of rotatable bonds is 7. The van der Waals surface area contributed by atoms with E-state index in [1.165, 1.54) is 24.9 Å². The van der Waals surface area contributed by atoms with Crippen LogP contribution < -0.4 is 9.80 Å². The molecule has 0 saturated carbocycles. The first-order valence-electron chi connectivity index (χ1n) is 8.44. The lowest BCUT2D eigenvalue weighted by Gasteiger charge is -2.30. The van der Waals surface area contributed by atoms with Crippen LogP contribution in [0.1, 0.15) is 39.5 Å². The Morgan fingerprint density at radius 3 is 2.41 bits per heavy atom. The molecular formula is C18H28N2O2. The quantitative estimate of drug-likeness (QED) is 0.835. The predicted octanol–water partition coefficient (Wildman–Crippen LogP) is 3.61. The normalized spacial score (nSPS) is 16.4. The molecule has 4 nitrogen and oxygen atoms in total. The summed E-state index contributed by atoms with van der Waals surface area (Å²) in [7, 11) is 0. The minimum Gasteiger partial charge on any atom is -0.481 e. The standard InChI is InChI=1S/C18H28N2O2/c1-3-11-20(14-15(2)18(21)22)17-9-7-16(8-10-17)19-12-5-4-6-13-19/h7-10,15H,3-6,11-14H2,1-2H3,(H,21,22). The summed E-state index contributed by atoms with van der Waals surface area (Å²) in [5.74, 6) is -1.08. The van der Waals surface area contributed by atoms with E-state index in [-0.39, 0.29) is 5.92 Å². The SMILES string of the molecule is CCCN(CC(C)C(=O)O)c1ccc(N2CCCCC2)cc1. The molecule has 4 heteroatoms. The van der Waals surface area contributed by atoms with E-state index in [2.05, 4.69) is 41.0 Å². The number of hydrogen-bond donors (Lipinski definition) is 1. The van der Waals surface area contributed by atoms with Gasteiger partial charge in [0.2, 0.25) is 0 Å². The smallest absolute Gasteiger partial charge is 0.308 e. The van der Waals surface area contributed by atoms with Crippen molar-refractivity contribution in [3.05, 3.63) is 24.3 Å². The maximum atomic E-state index is 11.1. The monoisotopic (exact) mass is 304 g/mol. The molecule has 1 aliphatic rings. The molecule has 0 aliphatic carbocycles. The number of anilines is 2. The molecule has 0 amide bonds. The second kappa shape index (κ2) is 8.06. The highest BCUT2D eigenvalue weighted by molar-refractivity contribution is 5.70. The summed E-state index contributed by atoms with van der Waals surface area (Å²) in [6.07, 6.45) is 4.91. The molecule has 1 N–H and O–H groups in total. The topological polar surface area (TPSA) is 43.8 Å². The van der Waals surface area contributed by atoms with Crippen LogP contribution >= 0.6 is 0 Å². The van der Waals surface area contributed by atoms with Gasteiger partial charge in [-0.15, -0.1) is 0 Å². The fourth-order valence-electron chi connectivity index (χ4n) is 3.03. The Balaban J connectivity index is 2.06. The van der Waals surface area contributed by atoms with Crippen molar-refractivity contribution in [3.8, 4) is 0 Å². The van der Waals surface area contributed by atoms with Gasteiger partial charge >= 0.3 is 5.97 Å². The van der Waals surface area contributed by atoms with Gasteiger partial charge in [0, 0.05) is 37.6 Å². The van der Waals surface area contributed by atoms with Crippen LogP contribution in [0.5, 0.6) is 0 Å². The molecule has 1 aromatic carbocycles. The molecule has 1 aliphatic heterocycles. The molecule has 1 aromatic rings. The zero-order chi connectivity index (χ0) is 15.9. The van der Waals surface area contributed by atoms with Gasteiger partial charge in [0.15, 0.2) is 0 Å². The van der Waals surface area contributed by atoms with E-state index < -0.39 is 5.97 Å². The van der Waals surface area contributed by atoms with Crippen molar-refractivity contribution in [1.29, 1.82) is 0 Å². The molecule has 0 bridgehead atoms. The summed E-state index contributed by atoms with van der Waals surface area (Å²) in [5.41, 5.74) is 2.40. The van der Waals surface area contributed by atoms with Gasteiger partial charge in [0.25, 0.3) is 0 Å². The van der Waals surface area contributed by atoms with E-state index in [1.807, 2.05) is 0 Å². The summed E-state index contributed by atoms with van der Waals surface area (Å²) in [6.45, 7) is 7.64. The summed E-state index contributed by atoms with van der Waals surface area (Å²) < 4.78 is 0. The molecular weight excluding hydrogens is 276 g/mol. The van der Waals surface area contributed by atoms with Gasteiger partial charge in [0.1, 0.15) is 0 Å². The van der Waals surface area contributed by atoms with Crippen LogP contribution in [0.3, 0.4) is 0 Å². The van der Waals surface area contributed by atoms with Crippen LogP contribution in [0, 0.1) is 5.92 Å². The lowest BCUT2D eigenvalue weighted by atomic mass is 10.1. The van der Waals surface area contributed by atoms with Gasteiger partial charge < -0.3 is 14.9 Å². The van der Waals surface area contributed by atoms with Crippen molar-refractivity contribution in [2.75, 3.05) is 36.0 Å². The number of carboxylic acids is 1. The van der Waals surface area contributed by atoms with Crippen molar-refractivity contribution in [3.63, 3.8) is 0 Å². The predicted molar refractivity (Wildman–Crippen MR) is 91.8 cm³/mol. The molecule has 1 unspecified atom stereocenters. The number of piperidine rings is 1. The van der Waals surface area contributed by atoms with Crippen LogP contribution in [-0.2, 0) is 4.79 Å². The first-order chi connectivity index (χ1) is 10.6. The number of nitrogens with zero attached hydrogens (tertiary/aromatic N) is 2. The van der Waals surface area contributed by atoms with Crippen molar-refractivity contribution < 1.29 is 9.90 Å². The molecule has 0 radical (unpaired) electrons. The maximum Gasteiger partial charge on any atom is 0.308 e. The third-order valence-corrected chi connectivity index (χ3v) is 4.35. The van der Waals surface area contributed by atoms with Gasteiger partial charge in [-0.2, -0.15) is 0 Å². The zero-order valence-corrected chi connectivity index (χ0v) is 13.8. The Hall–Kier alpha value is -1.71. The summed E-state index contributed by atoms with van der Waals surface area (Å²) in [5, 5.41) is 9.13. The Labute approximate surface area is 133 Å². The van der Waals surface area contributed by atoms with Gasteiger partial charge in [-0.3, -0.25) is 4.79 Å². The van der Waals surface area contributed by atoms with Crippen molar-refractivity contribution in [1.82, 2.24) is 0 Å². The number of aliphatic carboxylic acids is 1. The number of hydrogen-bond acceptors (Lipinski definition) is 3. The average Bonchev–Trinajstić information content (AvgIpc) is 2.55. The minimum absolute atomic E-state index is 0.353. The summed E-state index contributed by atoms with van der Waals surface area (Å²) >= 11 is 0. The van der Waals surface area contributed by atoms with Gasteiger partial charge in [-0.05, 0) is 49.9 Å². The van der Waals surface area contributed by atoms with E-state index in [0.29, 0.717) is 6.54 Å². The Kier molecular flexibility index (Phi) is 6.10. The Bertz CT molecular complexity index is 466. The van der Waals surface area contributed by atoms with Crippen LogP contribution in [0.2, 0.25) is 0 Å². The molecule has 22 heavy (non-hydrogen) atoms. The fraction of sp³-hybridized carbons (Fsp3) is 0.611. The van der Waals surface area contributed by atoms with E-state index in [1.54, 1.807) is 6.92 Å². The van der Waals surface area contributed by atoms with Crippen LogP contribution in [-0.4, -0.2) is 37.3 Å². The molecule has 1 atom stereocenters. The first-order valence-corrected chi connectivity index (χ1v) is 8.44. The largest absolute Gasteiger partial charge is 0.481 e. The zero-order valence-electron chi connectivity index (χ0n) is 13.8. The van der Waals surface area contributed by atoms with E-state index >= 15 is 0 Å². The average molecular weight is 304 g/mol. The highest BCUT2D eigenvalue weighted by Crippen LogP contribution is 2.24. The fourth-order valence-corrected chi connectivity index (χ4v) is 3.03. The number of carbonyl (C=O) groups is 1. The summed E-state index contributed by atoms with van der Waals surface area (Å²) in [6, 6.07) is 8.62. The highest BCUT2D eigenvalue weighted by atomic mass is 16.4. The molecule has 1 heterocycles. The second-order valence-corrected chi connectivity index (χ2v) is 6.25. The molecule has 0 aromatic heterocycles. The molecule has 1 fully saturated rings. The van der Waals surface area contributed by atoms with Crippen LogP contribution in [0.4, 0.5) is 11.4 Å². The molecule has 122 valence electrons. The Morgan fingerprint density at radius 1 is 1.23 bits per heavy atom. The van der Waals surface area contributed by atoms with Crippen molar-refractivity contribution in [2.45, 2.75) is 39.5 Å². The van der Waals surface area contributed by atoms with Crippen molar-refractivity contribution in [2.24, 2.45) is 5.92 Å². The van der Waals surface area contributed by atoms with Crippen molar-refractivity contribution >= 4 is 17.3 Å². The number of benzene rings is 1. The highest BCUT2D eigenvalue weighted by Gasteiger charge is 2.17. The van der Waals surface area contributed by atoms with Gasteiger partial charge in [-0.25, -0.2) is 0 Å². The number of carboxylic acid groups (broad SMARTS) is 1. The lowest BCUT2D eigenvalue weighted by Crippen LogP contribution is -2.32. The van der Waals surface area contributed by atoms with E-state index in [0.717, 1.165) is 31.7 Å². The third kappa shape index (κ3) is 4.39. The minimum atomic E-state index is -0.731. The molecule has 2 rings (SSSR count). The van der Waals surface area contributed by atoms with E-state index in [4.69, 9.17) is 5.11 Å². The third-order valence-electron chi connectivity index (χ3n) is 4.35. The van der Waals surface area contributed by atoms with Gasteiger partial charge in [0.05, 0.1) is 5.92 Å². The lowest BCUT2D eigenvalue weighted by molar-refractivity contribution is -0.140. The maximum absolute atomic E-state index is 11.1.